The number of ketones is 1. The summed E-state index contributed by atoms with van der Waals surface area (Å²) in [6, 6.07) is 0. The van der Waals surface area contributed by atoms with Crippen molar-refractivity contribution in [2.45, 2.75) is 45.4 Å². The van der Waals surface area contributed by atoms with E-state index in [0.717, 1.165) is 25.7 Å². The lowest BCUT2D eigenvalue weighted by atomic mass is 9.85. The fourth-order valence-corrected chi connectivity index (χ4v) is 1.93. The molecule has 0 amide bonds. The Bertz CT molecular complexity index is 284. The van der Waals surface area contributed by atoms with E-state index >= 15 is 0 Å². The zero-order chi connectivity index (χ0) is 11.3. The molecule has 84 valence electrons. The van der Waals surface area contributed by atoms with Crippen molar-refractivity contribution < 1.29 is 9.72 Å². The van der Waals surface area contributed by atoms with E-state index in [9.17, 15) is 14.9 Å². The molecule has 0 N–H and O–H groups in total. The van der Waals surface area contributed by atoms with Gasteiger partial charge in [0.05, 0.1) is 4.92 Å². The van der Waals surface area contributed by atoms with Crippen molar-refractivity contribution in [3.8, 4) is 0 Å². The van der Waals surface area contributed by atoms with Crippen LogP contribution in [0.15, 0.2) is 11.8 Å². The van der Waals surface area contributed by atoms with Crippen molar-refractivity contribution in [2.24, 2.45) is 5.92 Å². The van der Waals surface area contributed by atoms with Crippen LogP contribution in [-0.4, -0.2) is 10.7 Å². The van der Waals surface area contributed by atoms with Gasteiger partial charge in [0.15, 0.2) is 0 Å². The summed E-state index contributed by atoms with van der Waals surface area (Å²) in [5.74, 6) is 0.489. The van der Waals surface area contributed by atoms with E-state index in [1.54, 1.807) is 6.08 Å². The van der Waals surface area contributed by atoms with Gasteiger partial charge in [-0.3, -0.25) is 14.9 Å². The predicted molar refractivity (Wildman–Crippen MR) is 57.0 cm³/mol. The second-order valence-electron chi connectivity index (χ2n) is 4.09. The van der Waals surface area contributed by atoms with Crippen LogP contribution in [0.1, 0.15) is 45.4 Å². The smallest absolute Gasteiger partial charge is 0.239 e. The van der Waals surface area contributed by atoms with E-state index in [0.29, 0.717) is 18.6 Å². The monoisotopic (exact) mass is 211 g/mol. The first kappa shape index (κ1) is 11.9. The van der Waals surface area contributed by atoms with Crippen molar-refractivity contribution in [1.82, 2.24) is 0 Å². The molecule has 0 aromatic rings. The molecule has 0 aliphatic heterocycles. The Balaban J connectivity index is 2.33. The lowest BCUT2D eigenvalue weighted by Gasteiger charge is -2.19. The molecular weight excluding hydrogens is 194 g/mol. The third-order valence-corrected chi connectivity index (χ3v) is 2.92. The predicted octanol–water partition coefficient (Wildman–Crippen LogP) is 2.71. The maximum Gasteiger partial charge on any atom is 0.239 e. The minimum Gasteiger partial charge on any atom is -0.299 e. The van der Waals surface area contributed by atoms with Crippen molar-refractivity contribution in [3.05, 3.63) is 21.9 Å². The van der Waals surface area contributed by atoms with Crippen LogP contribution in [0, 0.1) is 16.0 Å². The molecule has 1 aliphatic rings. The number of rotatable bonds is 4. The normalized spacial score (nSPS) is 22.9. The Hall–Kier alpha value is -1.19. The first-order chi connectivity index (χ1) is 7.11. The fourth-order valence-electron chi connectivity index (χ4n) is 1.93. The molecular formula is C11H17NO3. The van der Waals surface area contributed by atoms with Gasteiger partial charge in [-0.1, -0.05) is 6.42 Å². The first-order valence-electron chi connectivity index (χ1n) is 5.45. The second-order valence-corrected chi connectivity index (χ2v) is 4.09. The Morgan fingerprint density at radius 3 is 2.93 bits per heavy atom. The molecule has 1 atom stereocenters. The van der Waals surface area contributed by atoms with Crippen LogP contribution in [0.2, 0.25) is 0 Å². The highest BCUT2D eigenvalue weighted by molar-refractivity contribution is 5.81. The topological polar surface area (TPSA) is 60.2 Å². The molecule has 0 aromatic carbocycles. The molecule has 1 rings (SSSR count). The molecule has 0 heterocycles. The first-order valence-corrected chi connectivity index (χ1v) is 5.45. The van der Waals surface area contributed by atoms with Gasteiger partial charge in [0.2, 0.25) is 5.70 Å². The largest absolute Gasteiger partial charge is 0.299 e. The number of allylic oxidation sites excluding steroid dienone is 2. The summed E-state index contributed by atoms with van der Waals surface area (Å²) in [5, 5.41) is 10.3. The number of nitrogens with zero attached hydrogens (tertiary/aromatic N) is 1. The van der Waals surface area contributed by atoms with Crippen molar-refractivity contribution in [1.29, 1.82) is 0 Å². The average molecular weight is 211 g/mol. The molecule has 1 fully saturated rings. The Morgan fingerprint density at radius 1 is 1.60 bits per heavy atom. The molecule has 1 aliphatic carbocycles. The number of carbonyl (C=O) groups excluding carboxylic acids is 1. The van der Waals surface area contributed by atoms with Gasteiger partial charge in [-0.2, -0.15) is 0 Å². The summed E-state index contributed by atoms with van der Waals surface area (Å²) in [4.78, 5) is 21.4. The highest BCUT2D eigenvalue weighted by Crippen LogP contribution is 2.24. The van der Waals surface area contributed by atoms with Crippen molar-refractivity contribution in [2.75, 3.05) is 0 Å². The summed E-state index contributed by atoms with van der Waals surface area (Å²) in [6.45, 7) is 1.49. The minimum atomic E-state index is -0.386. The maximum absolute atomic E-state index is 11.4. The molecule has 4 heteroatoms. The second kappa shape index (κ2) is 5.63. The molecule has 15 heavy (non-hydrogen) atoms. The van der Waals surface area contributed by atoms with Crippen LogP contribution in [0.3, 0.4) is 0 Å². The SMILES string of the molecule is CC(=CCCC1CCCCC1=O)[N+](=O)[O-]. The van der Waals surface area contributed by atoms with Gasteiger partial charge in [-0.15, -0.1) is 0 Å². The summed E-state index contributed by atoms with van der Waals surface area (Å²) >= 11 is 0. The van der Waals surface area contributed by atoms with E-state index in [1.807, 2.05) is 0 Å². The molecule has 0 radical (unpaired) electrons. The highest BCUT2D eigenvalue weighted by atomic mass is 16.6. The van der Waals surface area contributed by atoms with Crippen LogP contribution in [0.5, 0.6) is 0 Å². The Morgan fingerprint density at radius 2 is 2.33 bits per heavy atom. The van der Waals surface area contributed by atoms with Gasteiger partial charge in [-0.25, -0.2) is 0 Å². The molecule has 0 saturated heterocycles. The van der Waals surface area contributed by atoms with E-state index in [4.69, 9.17) is 0 Å². The number of Topliss-reactive ketones (excluding diaryl/α,β-unsaturated/α-hetero) is 1. The minimum absolute atomic E-state index is 0.148. The van der Waals surface area contributed by atoms with Crippen molar-refractivity contribution in [3.63, 3.8) is 0 Å². The number of carbonyl (C=O) groups is 1. The lowest BCUT2D eigenvalue weighted by molar-refractivity contribution is -0.424. The van der Waals surface area contributed by atoms with Gasteiger partial charge in [-0.05, 0) is 31.8 Å². The highest BCUT2D eigenvalue weighted by Gasteiger charge is 2.21. The summed E-state index contributed by atoms with van der Waals surface area (Å²) in [7, 11) is 0. The molecule has 1 unspecified atom stereocenters. The van der Waals surface area contributed by atoms with Gasteiger partial charge < -0.3 is 0 Å². The van der Waals surface area contributed by atoms with E-state index in [-0.39, 0.29) is 16.5 Å². The van der Waals surface area contributed by atoms with Crippen LogP contribution in [0.4, 0.5) is 0 Å². The van der Waals surface area contributed by atoms with Gasteiger partial charge >= 0.3 is 0 Å². The number of hydrogen-bond donors (Lipinski definition) is 0. The summed E-state index contributed by atoms with van der Waals surface area (Å²) in [6.07, 6.45) is 6.81. The van der Waals surface area contributed by atoms with Gasteiger partial charge in [0.25, 0.3) is 0 Å². The fraction of sp³-hybridized carbons (Fsp3) is 0.727. The maximum atomic E-state index is 11.4. The lowest BCUT2D eigenvalue weighted by Crippen LogP contribution is -2.18. The molecule has 0 bridgehead atoms. The summed E-state index contributed by atoms with van der Waals surface area (Å²) in [5.41, 5.74) is 0.179. The standard InChI is InChI=1S/C11H17NO3/c1-9(12(14)15)5-4-7-10-6-2-3-8-11(10)13/h5,10H,2-4,6-8H2,1H3. The van der Waals surface area contributed by atoms with E-state index in [2.05, 4.69) is 0 Å². The Kier molecular flexibility index (Phi) is 4.46. The number of hydrogen-bond acceptors (Lipinski definition) is 3. The van der Waals surface area contributed by atoms with Crippen LogP contribution in [-0.2, 0) is 4.79 Å². The third-order valence-electron chi connectivity index (χ3n) is 2.92. The molecule has 4 nitrogen and oxygen atoms in total. The zero-order valence-electron chi connectivity index (χ0n) is 9.07. The van der Waals surface area contributed by atoms with Gasteiger partial charge in [0, 0.05) is 19.3 Å². The van der Waals surface area contributed by atoms with E-state index in [1.165, 1.54) is 6.92 Å². The summed E-state index contributed by atoms with van der Waals surface area (Å²) < 4.78 is 0. The van der Waals surface area contributed by atoms with Gasteiger partial charge in [0.1, 0.15) is 5.78 Å². The van der Waals surface area contributed by atoms with Crippen molar-refractivity contribution >= 4 is 5.78 Å². The average Bonchev–Trinajstić information content (AvgIpc) is 2.20. The molecule has 0 spiro atoms. The quantitative estimate of drug-likeness (QED) is 0.530. The van der Waals surface area contributed by atoms with Crippen LogP contribution < -0.4 is 0 Å². The van der Waals surface area contributed by atoms with Crippen LogP contribution >= 0.6 is 0 Å². The molecule has 0 aromatic heterocycles. The van der Waals surface area contributed by atoms with E-state index < -0.39 is 0 Å². The Labute approximate surface area is 89.5 Å². The third kappa shape index (κ3) is 3.81. The van der Waals surface area contributed by atoms with Crippen LogP contribution in [0.25, 0.3) is 0 Å². The number of nitro groups is 1. The molecule has 1 saturated carbocycles. The zero-order valence-corrected chi connectivity index (χ0v) is 9.07.